The van der Waals surface area contributed by atoms with Crippen molar-refractivity contribution in [2.45, 2.75) is 6.42 Å². The Morgan fingerprint density at radius 1 is 1.14 bits per heavy atom. The van der Waals surface area contributed by atoms with Crippen LogP contribution in [0.1, 0.15) is 15.9 Å². The normalized spacial score (nSPS) is 12.0. The number of hydrogen-bond acceptors (Lipinski definition) is 4. The van der Waals surface area contributed by atoms with E-state index >= 15 is 0 Å². The number of amides is 1. The van der Waals surface area contributed by atoms with E-state index in [9.17, 15) is 9.59 Å². The SMILES string of the molecule is O=CCc1cccc(C(=O)Nc2ccc3c(c2)OCO3)c1. The van der Waals surface area contributed by atoms with E-state index in [1.807, 2.05) is 6.07 Å². The van der Waals surface area contributed by atoms with Gasteiger partial charge >= 0.3 is 0 Å². The molecule has 0 atom stereocenters. The van der Waals surface area contributed by atoms with E-state index in [2.05, 4.69) is 5.32 Å². The number of nitrogens with one attached hydrogen (secondary N) is 1. The molecule has 1 aliphatic rings. The van der Waals surface area contributed by atoms with Crippen LogP contribution in [-0.2, 0) is 11.2 Å². The third-order valence-corrected chi connectivity index (χ3v) is 3.14. The lowest BCUT2D eigenvalue weighted by atomic mass is 10.1. The molecule has 0 aromatic heterocycles. The maximum absolute atomic E-state index is 12.2. The molecular formula is C16H13NO4. The molecule has 2 aromatic rings. The Morgan fingerprint density at radius 2 is 2.00 bits per heavy atom. The van der Waals surface area contributed by atoms with Crippen LogP contribution in [0.2, 0.25) is 0 Å². The molecule has 106 valence electrons. The van der Waals surface area contributed by atoms with Crippen LogP contribution in [-0.4, -0.2) is 19.0 Å². The molecule has 2 aromatic carbocycles. The molecule has 0 spiro atoms. The van der Waals surface area contributed by atoms with Crippen LogP contribution < -0.4 is 14.8 Å². The Kier molecular flexibility index (Phi) is 3.55. The number of carbonyl (C=O) groups excluding carboxylic acids is 2. The van der Waals surface area contributed by atoms with Crippen molar-refractivity contribution in [3.8, 4) is 11.5 Å². The number of carbonyl (C=O) groups is 2. The summed E-state index contributed by atoms with van der Waals surface area (Å²) in [5, 5.41) is 2.79. The second kappa shape index (κ2) is 5.66. The topological polar surface area (TPSA) is 64.6 Å². The molecule has 0 saturated carbocycles. The summed E-state index contributed by atoms with van der Waals surface area (Å²) in [6.45, 7) is 0.195. The van der Waals surface area contributed by atoms with E-state index in [4.69, 9.17) is 9.47 Å². The van der Waals surface area contributed by atoms with E-state index in [-0.39, 0.29) is 12.7 Å². The highest BCUT2D eigenvalue weighted by Gasteiger charge is 2.14. The average Bonchev–Trinajstić information content (AvgIpc) is 2.95. The fourth-order valence-corrected chi connectivity index (χ4v) is 2.11. The highest BCUT2D eigenvalue weighted by Crippen LogP contribution is 2.34. The van der Waals surface area contributed by atoms with Crippen LogP contribution in [0.4, 0.5) is 5.69 Å². The van der Waals surface area contributed by atoms with Gasteiger partial charge in [0.1, 0.15) is 6.29 Å². The molecule has 3 rings (SSSR count). The summed E-state index contributed by atoms with van der Waals surface area (Å²) in [5.41, 5.74) is 1.94. The molecule has 1 heterocycles. The first kappa shape index (κ1) is 13.2. The third kappa shape index (κ3) is 2.86. The highest BCUT2D eigenvalue weighted by molar-refractivity contribution is 6.04. The number of aldehydes is 1. The van der Waals surface area contributed by atoms with Crippen molar-refractivity contribution in [1.82, 2.24) is 0 Å². The summed E-state index contributed by atoms with van der Waals surface area (Å²) in [6.07, 6.45) is 1.11. The van der Waals surface area contributed by atoms with Crippen LogP contribution >= 0.6 is 0 Å². The van der Waals surface area contributed by atoms with E-state index in [1.165, 1.54) is 0 Å². The summed E-state index contributed by atoms with van der Waals surface area (Å²) in [4.78, 5) is 22.7. The largest absolute Gasteiger partial charge is 0.454 e. The van der Waals surface area contributed by atoms with Crippen molar-refractivity contribution in [2.75, 3.05) is 12.1 Å². The zero-order valence-electron chi connectivity index (χ0n) is 11.2. The van der Waals surface area contributed by atoms with E-state index in [0.29, 0.717) is 29.2 Å². The van der Waals surface area contributed by atoms with Gasteiger partial charge in [-0.1, -0.05) is 12.1 Å². The highest BCUT2D eigenvalue weighted by atomic mass is 16.7. The predicted octanol–water partition coefficient (Wildman–Crippen LogP) is 2.41. The van der Waals surface area contributed by atoms with Gasteiger partial charge in [0.15, 0.2) is 11.5 Å². The molecule has 5 nitrogen and oxygen atoms in total. The Hall–Kier alpha value is -2.82. The molecule has 21 heavy (non-hydrogen) atoms. The fourth-order valence-electron chi connectivity index (χ4n) is 2.11. The van der Waals surface area contributed by atoms with Gasteiger partial charge in [0.25, 0.3) is 5.91 Å². The average molecular weight is 283 g/mol. The van der Waals surface area contributed by atoms with Crippen molar-refractivity contribution in [1.29, 1.82) is 0 Å². The van der Waals surface area contributed by atoms with Gasteiger partial charge in [-0.15, -0.1) is 0 Å². The number of rotatable bonds is 4. The maximum Gasteiger partial charge on any atom is 0.255 e. The minimum atomic E-state index is -0.235. The van der Waals surface area contributed by atoms with Gasteiger partial charge in [-0.25, -0.2) is 0 Å². The lowest BCUT2D eigenvalue weighted by Gasteiger charge is -2.07. The predicted molar refractivity (Wildman–Crippen MR) is 76.7 cm³/mol. The minimum Gasteiger partial charge on any atom is -0.454 e. The summed E-state index contributed by atoms with van der Waals surface area (Å²) in [6, 6.07) is 12.2. The molecular weight excluding hydrogens is 270 g/mol. The van der Waals surface area contributed by atoms with E-state index in [1.54, 1.807) is 36.4 Å². The van der Waals surface area contributed by atoms with Gasteiger partial charge in [-0.3, -0.25) is 4.79 Å². The van der Waals surface area contributed by atoms with E-state index in [0.717, 1.165) is 11.8 Å². The number of ether oxygens (including phenoxy) is 2. The smallest absolute Gasteiger partial charge is 0.255 e. The van der Waals surface area contributed by atoms with Gasteiger partial charge in [0, 0.05) is 23.7 Å². The van der Waals surface area contributed by atoms with Crippen molar-refractivity contribution in [3.05, 3.63) is 53.6 Å². The molecule has 1 N–H and O–H groups in total. The molecule has 5 heteroatoms. The minimum absolute atomic E-state index is 0.195. The van der Waals surface area contributed by atoms with Crippen LogP contribution in [0.15, 0.2) is 42.5 Å². The van der Waals surface area contributed by atoms with Crippen molar-refractivity contribution in [2.24, 2.45) is 0 Å². The fraction of sp³-hybridized carbons (Fsp3) is 0.125. The quantitative estimate of drug-likeness (QED) is 0.875. The van der Waals surface area contributed by atoms with Gasteiger partial charge in [0.05, 0.1) is 0 Å². The lowest BCUT2D eigenvalue weighted by Crippen LogP contribution is -2.12. The summed E-state index contributed by atoms with van der Waals surface area (Å²) < 4.78 is 10.5. The van der Waals surface area contributed by atoms with Crippen LogP contribution in [0.3, 0.4) is 0 Å². The molecule has 0 aliphatic carbocycles. The number of benzene rings is 2. The molecule has 1 amide bonds. The monoisotopic (exact) mass is 283 g/mol. The van der Waals surface area contributed by atoms with Crippen molar-refractivity contribution >= 4 is 17.9 Å². The standard InChI is InChI=1S/C16H13NO4/c18-7-6-11-2-1-3-12(8-11)16(19)17-13-4-5-14-15(9-13)21-10-20-14/h1-5,7-9H,6,10H2,(H,17,19). The second-order valence-corrected chi connectivity index (χ2v) is 4.59. The zero-order valence-corrected chi connectivity index (χ0v) is 11.2. The van der Waals surface area contributed by atoms with Gasteiger partial charge < -0.3 is 19.6 Å². The van der Waals surface area contributed by atoms with E-state index < -0.39 is 0 Å². The number of anilines is 1. The number of fused-ring (bicyclic) bond motifs is 1. The Balaban J connectivity index is 1.76. The van der Waals surface area contributed by atoms with Gasteiger partial charge in [-0.2, -0.15) is 0 Å². The summed E-state index contributed by atoms with van der Waals surface area (Å²) >= 11 is 0. The van der Waals surface area contributed by atoms with Crippen molar-refractivity contribution in [3.63, 3.8) is 0 Å². The molecule has 0 fully saturated rings. The number of hydrogen-bond donors (Lipinski definition) is 1. The second-order valence-electron chi connectivity index (χ2n) is 4.59. The molecule has 0 radical (unpaired) electrons. The van der Waals surface area contributed by atoms with Crippen LogP contribution in [0.25, 0.3) is 0 Å². The van der Waals surface area contributed by atoms with Gasteiger partial charge in [-0.05, 0) is 29.8 Å². The van der Waals surface area contributed by atoms with Crippen LogP contribution in [0.5, 0.6) is 11.5 Å². The van der Waals surface area contributed by atoms with Crippen LogP contribution in [0, 0.1) is 0 Å². The summed E-state index contributed by atoms with van der Waals surface area (Å²) in [5.74, 6) is 1.05. The molecule has 0 unspecified atom stereocenters. The first-order valence-corrected chi connectivity index (χ1v) is 6.50. The first-order valence-electron chi connectivity index (χ1n) is 6.50. The summed E-state index contributed by atoms with van der Waals surface area (Å²) in [7, 11) is 0. The van der Waals surface area contributed by atoms with Gasteiger partial charge in [0.2, 0.25) is 6.79 Å². The van der Waals surface area contributed by atoms with Crippen molar-refractivity contribution < 1.29 is 19.1 Å². The molecule has 1 aliphatic heterocycles. The Labute approximate surface area is 121 Å². The Morgan fingerprint density at radius 3 is 2.86 bits per heavy atom. The molecule has 0 saturated heterocycles. The maximum atomic E-state index is 12.2. The Bertz CT molecular complexity index is 696. The lowest BCUT2D eigenvalue weighted by molar-refractivity contribution is -0.107. The molecule has 0 bridgehead atoms. The third-order valence-electron chi connectivity index (χ3n) is 3.14. The first-order chi connectivity index (χ1) is 10.3. The zero-order chi connectivity index (χ0) is 14.7.